The molecule has 0 radical (unpaired) electrons. The van der Waals surface area contributed by atoms with E-state index >= 15 is 0 Å². The fourth-order valence-electron chi connectivity index (χ4n) is 2.05. The summed E-state index contributed by atoms with van der Waals surface area (Å²) in [5, 5.41) is 8.91. The summed E-state index contributed by atoms with van der Waals surface area (Å²) in [4.78, 5) is 0. The van der Waals surface area contributed by atoms with E-state index in [1.807, 2.05) is 0 Å². The second-order valence-corrected chi connectivity index (χ2v) is 4.41. The van der Waals surface area contributed by atoms with Gasteiger partial charge in [-0.05, 0) is 32.6 Å². The van der Waals surface area contributed by atoms with Crippen LogP contribution in [0.25, 0.3) is 0 Å². The van der Waals surface area contributed by atoms with Gasteiger partial charge in [0.15, 0.2) is 0 Å². The van der Waals surface area contributed by atoms with Crippen LogP contribution in [0.1, 0.15) is 39.5 Å². The molecule has 1 rings (SSSR count). The summed E-state index contributed by atoms with van der Waals surface area (Å²) in [5.74, 6) is 0. The Balaban J connectivity index is 2.59. The van der Waals surface area contributed by atoms with E-state index in [9.17, 15) is 0 Å². The van der Waals surface area contributed by atoms with Gasteiger partial charge in [0.05, 0.1) is 5.60 Å². The van der Waals surface area contributed by atoms with Crippen molar-refractivity contribution >= 4 is 0 Å². The predicted octanol–water partition coefficient (Wildman–Crippen LogP) is 1.05. The van der Waals surface area contributed by atoms with Crippen molar-refractivity contribution in [1.29, 1.82) is 0 Å². The number of aliphatic hydroxyl groups is 1. The Bertz CT molecular complexity index is 170. The highest BCUT2D eigenvalue weighted by molar-refractivity contribution is 4.95. The molecular weight excluding hydrogens is 166 g/mol. The van der Waals surface area contributed by atoms with Gasteiger partial charge in [0.25, 0.3) is 0 Å². The van der Waals surface area contributed by atoms with Crippen LogP contribution >= 0.6 is 0 Å². The Labute approximate surface area is 80.3 Å². The first-order chi connectivity index (χ1) is 6.04. The zero-order valence-corrected chi connectivity index (χ0v) is 8.68. The van der Waals surface area contributed by atoms with Gasteiger partial charge in [-0.3, -0.25) is 0 Å². The Kier molecular flexibility index (Phi) is 3.33. The summed E-state index contributed by atoms with van der Waals surface area (Å²) in [6, 6.07) is 0. The zero-order chi connectivity index (χ0) is 9.95. The Morgan fingerprint density at radius 3 is 2.77 bits per heavy atom. The average Bonchev–Trinajstić information content (AvgIpc) is 2.04. The highest BCUT2D eigenvalue weighted by Crippen LogP contribution is 2.34. The number of rotatable bonds is 3. The molecule has 13 heavy (non-hydrogen) atoms. The summed E-state index contributed by atoms with van der Waals surface area (Å²) in [6.07, 6.45) is 3.39. The number of hydrogen-bond donors (Lipinski definition) is 2. The van der Waals surface area contributed by atoms with Crippen LogP contribution in [0, 0.1) is 0 Å². The van der Waals surface area contributed by atoms with Gasteiger partial charge in [0.1, 0.15) is 0 Å². The molecule has 1 heterocycles. The molecule has 1 saturated heterocycles. The maximum Gasteiger partial charge on any atom is 0.0669 e. The van der Waals surface area contributed by atoms with E-state index in [1.165, 1.54) is 0 Å². The molecule has 3 heteroatoms. The Hall–Kier alpha value is -0.120. The van der Waals surface area contributed by atoms with Gasteiger partial charge >= 0.3 is 0 Å². The van der Waals surface area contributed by atoms with E-state index < -0.39 is 0 Å². The highest BCUT2D eigenvalue weighted by Gasteiger charge is 2.39. The van der Waals surface area contributed by atoms with E-state index in [4.69, 9.17) is 15.6 Å². The van der Waals surface area contributed by atoms with Crippen LogP contribution in [0.4, 0.5) is 0 Å². The van der Waals surface area contributed by atoms with Gasteiger partial charge in [-0.2, -0.15) is 0 Å². The minimum Gasteiger partial charge on any atom is -0.396 e. The van der Waals surface area contributed by atoms with Crippen molar-refractivity contribution in [1.82, 2.24) is 0 Å². The van der Waals surface area contributed by atoms with Crippen molar-refractivity contribution in [3.05, 3.63) is 0 Å². The lowest BCUT2D eigenvalue weighted by Crippen LogP contribution is -2.53. The largest absolute Gasteiger partial charge is 0.396 e. The molecule has 0 aromatic rings. The van der Waals surface area contributed by atoms with E-state index in [-0.39, 0.29) is 17.7 Å². The second kappa shape index (κ2) is 3.95. The fraction of sp³-hybridized carbons (Fsp3) is 1.00. The van der Waals surface area contributed by atoms with Gasteiger partial charge in [-0.1, -0.05) is 6.92 Å². The summed E-state index contributed by atoms with van der Waals surface area (Å²) < 4.78 is 5.69. The SMILES string of the molecule is CCC1(C)CC(N)(CCO)CCO1. The van der Waals surface area contributed by atoms with Crippen LogP contribution in [-0.2, 0) is 4.74 Å². The van der Waals surface area contributed by atoms with Gasteiger partial charge in [-0.15, -0.1) is 0 Å². The quantitative estimate of drug-likeness (QED) is 0.694. The molecule has 78 valence electrons. The van der Waals surface area contributed by atoms with Crippen LogP contribution in [0.5, 0.6) is 0 Å². The van der Waals surface area contributed by atoms with Crippen LogP contribution in [0.2, 0.25) is 0 Å². The molecule has 0 spiro atoms. The monoisotopic (exact) mass is 187 g/mol. The third kappa shape index (κ3) is 2.66. The second-order valence-electron chi connectivity index (χ2n) is 4.41. The molecule has 0 aromatic carbocycles. The van der Waals surface area contributed by atoms with Crippen molar-refractivity contribution in [2.45, 2.75) is 50.7 Å². The number of hydrogen-bond acceptors (Lipinski definition) is 3. The third-order valence-corrected chi connectivity index (χ3v) is 3.13. The van der Waals surface area contributed by atoms with Crippen LogP contribution < -0.4 is 5.73 Å². The maximum atomic E-state index is 8.91. The first kappa shape index (κ1) is 11.0. The topological polar surface area (TPSA) is 55.5 Å². The summed E-state index contributed by atoms with van der Waals surface area (Å²) in [7, 11) is 0. The number of nitrogens with two attached hydrogens (primary N) is 1. The van der Waals surface area contributed by atoms with Gasteiger partial charge in [0, 0.05) is 18.8 Å². The lowest BCUT2D eigenvalue weighted by Gasteiger charge is -2.43. The van der Waals surface area contributed by atoms with Crippen molar-refractivity contribution in [2.75, 3.05) is 13.2 Å². The maximum absolute atomic E-state index is 8.91. The molecule has 0 aliphatic carbocycles. The molecule has 1 fully saturated rings. The first-order valence-electron chi connectivity index (χ1n) is 5.07. The van der Waals surface area contributed by atoms with E-state index in [0.29, 0.717) is 6.42 Å². The minimum atomic E-state index is -0.211. The normalized spacial score (nSPS) is 40.6. The number of aliphatic hydroxyl groups excluding tert-OH is 1. The first-order valence-corrected chi connectivity index (χ1v) is 5.07. The standard InChI is InChI=1S/C10H21NO2/c1-3-9(2)8-10(11,4-6-12)5-7-13-9/h12H,3-8,11H2,1-2H3. The molecule has 0 aromatic heterocycles. The van der Waals surface area contributed by atoms with Crippen molar-refractivity contribution in [3.8, 4) is 0 Å². The fourth-order valence-corrected chi connectivity index (χ4v) is 2.05. The molecule has 2 unspecified atom stereocenters. The minimum absolute atomic E-state index is 0.0812. The van der Waals surface area contributed by atoms with Crippen molar-refractivity contribution < 1.29 is 9.84 Å². The molecule has 0 saturated carbocycles. The molecule has 0 amide bonds. The molecular formula is C10H21NO2. The van der Waals surface area contributed by atoms with Crippen molar-refractivity contribution in [2.24, 2.45) is 5.73 Å². The summed E-state index contributed by atoms with van der Waals surface area (Å²) >= 11 is 0. The third-order valence-electron chi connectivity index (χ3n) is 3.13. The van der Waals surface area contributed by atoms with Gasteiger partial charge in [0.2, 0.25) is 0 Å². The van der Waals surface area contributed by atoms with Crippen LogP contribution in [-0.4, -0.2) is 29.5 Å². The zero-order valence-electron chi connectivity index (χ0n) is 8.68. The summed E-state index contributed by atoms with van der Waals surface area (Å²) in [5.41, 5.74) is 5.89. The van der Waals surface area contributed by atoms with Gasteiger partial charge in [-0.25, -0.2) is 0 Å². The summed E-state index contributed by atoms with van der Waals surface area (Å²) in [6.45, 7) is 5.12. The molecule has 3 nitrogen and oxygen atoms in total. The van der Waals surface area contributed by atoms with E-state index in [1.54, 1.807) is 0 Å². The van der Waals surface area contributed by atoms with E-state index in [0.717, 1.165) is 25.9 Å². The molecule has 0 bridgehead atoms. The Morgan fingerprint density at radius 2 is 2.23 bits per heavy atom. The van der Waals surface area contributed by atoms with Crippen LogP contribution in [0.15, 0.2) is 0 Å². The molecule has 2 atom stereocenters. The molecule has 3 N–H and O–H groups in total. The molecule has 1 aliphatic heterocycles. The smallest absolute Gasteiger partial charge is 0.0669 e. The predicted molar refractivity (Wildman–Crippen MR) is 52.5 cm³/mol. The van der Waals surface area contributed by atoms with Gasteiger partial charge < -0.3 is 15.6 Å². The highest BCUT2D eigenvalue weighted by atomic mass is 16.5. The average molecular weight is 187 g/mol. The van der Waals surface area contributed by atoms with E-state index in [2.05, 4.69) is 13.8 Å². The lowest BCUT2D eigenvalue weighted by molar-refractivity contribution is -0.0969. The Morgan fingerprint density at radius 1 is 1.54 bits per heavy atom. The number of ether oxygens (including phenoxy) is 1. The van der Waals surface area contributed by atoms with Crippen LogP contribution in [0.3, 0.4) is 0 Å². The lowest BCUT2D eigenvalue weighted by atomic mass is 9.78. The molecule has 1 aliphatic rings. The van der Waals surface area contributed by atoms with Crippen molar-refractivity contribution in [3.63, 3.8) is 0 Å².